The van der Waals surface area contributed by atoms with Gasteiger partial charge in [0.2, 0.25) is 0 Å². The quantitative estimate of drug-likeness (QED) is 0.538. The molecule has 112 valence electrons. The molecule has 0 aromatic heterocycles. The van der Waals surface area contributed by atoms with Crippen LogP contribution in [0.5, 0.6) is 0 Å². The molecule has 0 heterocycles. The number of benzene rings is 1. The standard InChI is InChI=1S/C15H24N2O3/c1-3-5-13(8-9-18)11-16-12(2)14-6-4-7-15(10-14)17(19)20/h4,6-7,10,12-13,16,18H,3,5,8-9,11H2,1-2H3. The zero-order valence-corrected chi connectivity index (χ0v) is 12.2. The Morgan fingerprint density at radius 2 is 2.15 bits per heavy atom. The highest BCUT2D eigenvalue weighted by Gasteiger charge is 2.13. The second-order valence-electron chi connectivity index (χ2n) is 5.15. The van der Waals surface area contributed by atoms with Gasteiger partial charge in [-0.15, -0.1) is 0 Å². The smallest absolute Gasteiger partial charge is 0.269 e. The van der Waals surface area contributed by atoms with Crippen LogP contribution >= 0.6 is 0 Å². The highest BCUT2D eigenvalue weighted by Crippen LogP contribution is 2.19. The van der Waals surface area contributed by atoms with Crippen molar-refractivity contribution >= 4 is 5.69 Å². The summed E-state index contributed by atoms with van der Waals surface area (Å²) < 4.78 is 0. The molecule has 0 radical (unpaired) electrons. The van der Waals surface area contributed by atoms with Crippen molar-refractivity contribution in [3.05, 3.63) is 39.9 Å². The number of non-ortho nitro benzene ring substituents is 1. The summed E-state index contributed by atoms with van der Waals surface area (Å²) >= 11 is 0. The van der Waals surface area contributed by atoms with Gasteiger partial charge in [-0.3, -0.25) is 10.1 Å². The molecule has 2 atom stereocenters. The van der Waals surface area contributed by atoms with Gasteiger partial charge in [0.15, 0.2) is 0 Å². The predicted octanol–water partition coefficient (Wildman–Crippen LogP) is 3.04. The van der Waals surface area contributed by atoms with Gasteiger partial charge in [-0.05, 0) is 37.8 Å². The molecule has 1 rings (SSSR count). The van der Waals surface area contributed by atoms with Crippen molar-refractivity contribution in [3.8, 4) is 0 Å². The van der Waals surface area contributed by atoms with Gasteiger partial charge in [0.25, 0.3) is 5.69 Å². The van der Waals surface area contributed by atoms with Gasteiger partial charge in [0.05, 0.1) is 4.92 Å². The molecular weight excluding hydrogens is 256 g/mol. The summed E-state index contributed by atoms with van der Waals surface area (Å²) in [4.78, 5) is 10.4. The van der Waals surface area contributed by atoms with Crippen LogP contribution in [0.4, 0.5) is 5.69 Å². The monoisotopic (exact) mass is 280 g/mol. The van der Waals surface area contributed by atoms with Crippen molar-refractivity contribution in [2.45, 2.75) is 39.2 Å². The van der Waals surface area contributed by atoms with Crippen LogP contribution in [0.2, 0.25) is 0 Å². The van der Waals surface area contributed by atoms with Gasteiger partial charge in [0, 0.05) is 24.8 Å². The Morgan fingerprint density at radius 1 is 1.40 bits per heavy atom. The number of aliphatic hydroxyl groups excluding tert-OH is 1. The van der Waals surface area contributed by atoms with Crippen LogP contribution in [-0.4, -0.2) is 23.2 Å². The Hall–Kier alpha value is -1.46. The third kappa shape index (κ3) is 5.27. The van der Waals surface area contributed by atoms with Crippen molar-refractivity contribution in [1.82, 2.24) is 5.32 Å². The highest BCUT2D eigenvalue weighted by atomic mass is 16.6. The van der Waals surface area contributed by atoms with E-state index < -0.39 is 0 Å². The molecule has 2 N–H and O–H groups in total. The summed E-state index contributed by atoms with van der Waals surface area (Å²) in [5, 5.41) is 23.2. The molecule has 0 amide bonds. The molecule has 0 aliphatic heterocycles. The lowest BCUT2D eigenvalue weighted by Gasteiger charge is -2.20. The average molecular weight is 280 g/mol. The summed E-state index contributed by atoms with van der Waals surface area (Å²) in [7, 11) is 0. The molecule has 5 nitrogen and oxygen atoms in total. The van der Waals surface area contributed by atoms with Gasteiger partial charge in [-0.1, -0.05) is 25.5 Å². The van der Waals surface area contributed by atoms with Crippen LogP contribution < -0.4 is 5.32 Å². The Balaban J connectivity index is 2.59. The zero-order chi connectivity index (χ0) is 15.0. The van der Waals surface area contributed by atoms with Crippen LogP contribution in [-0.2, 0) is 0 Å². The summed E-state index contributed by atoms with van der Waals surface area (Å²) in [5.74, 6) is 0.450. The average Bonchev–Trinajstić information content (AvgIpc) is 2.45. The SMILES string of the molecule is CCCC(CCO)CNC(C)c1cccc([N+](=O)[O-])c1. The van der Waals surface area contributed by atoms with Crippen LogP contribution in [0.25, 0.3) is 0 Å². The minimum atomic E-state index is -0.373. The van der Waals surface area contributed by atoms with Crippen LogP contribution in [0.15, 0.2) is 24.3 Å². The first-order valence-electron chi connectivity index (χ1n) is 7.17. The van der Waals surface area contributed by atoms with Gasteiger partial charge >= 0.3 is 0 Å². The lowest BCUT2D eigenvalue weighted by atomic mass is 9.99. The largest absolute Gasteiger partial charge is 0.396 e. The maximum absolute atomic E-state index is 10.8. The van der Waals surface area contributed by atoms with Gasteiger partial charge < -0.3 is 10.4 Å². The maximum atomic E-state index is 10.8. The van der Waals surface area contributed by atoms with Crippen molar-refractivity contribution < 1.29 is 10.0 Å². The number of nitro groups is 1. The minimum Gasteiger partial charge on any atom is -0.396 e. The number of nitrogens with one attached hydrogen (secondary N) is 1. The molecule has 1 aromatic rings. The first-order chi connectivity index (χ1) is 9.58. The third-order valence-electron chi connectivity index (χ3n) is 3.53. The van der Waals surface area contributed by atoms with E-state index in [0.717, 1.165) is 31.4 Å². The Morgan fingerprint density at radius 3 is 2.75 bits per heavy atom. The van der Waals surface area contributed by atoms with Gasteiger partial charge in [-0.25, -0.2) is 0 Å². The molecule has 0 aliphatic rings. The van der Waals surface area contributed by atoms with Crippen molar-refractivity contribution in [1.29, 1.82) is 0 Å². The first-order valence-corrected chi connectivity index (χ1v) is 7.17. The number of aliphatic hydroxyl groups is 1. The van der Waals surface area contributed by atoms with Crippen LogP contribution in [0.1, 0.15) is 44.7 Å². The van der Waals surface area contributed by atoms with E-state index in [1.165, 1.54) is 6.07 Å². The van der Waals surface area contributed by atoms with E-state index >= 15 is 0 Å². The fourth-order valence-electron chi connectivity index (χ4n) is 2.31. The van der Waals surface area contributed by atoms with E-state index in [-0.39, 0.29) is 23.3 Å². The van der Waals surface area contributed by atoms with Crippen molar-refractivity contribution in [3.63, 3.8) is 0 Å². The van der Waals surface area contributed by atoms with Gasteiger partial charge in [-0.2, -0.15) is 0 Å². The second-order valence-corrected chi connectivity index (χ2v) is 5.15. The Kier molecular flexibility index (Phi) is 7.18. The fourth-order valence-corrected chi connectivity index (χ4v) is 2.31. The predicted molar refractivity (Wildman–Crippen MR) is 79.6 cm³/mol. The zero-order valence-electron chi connectivity index (χ0n) is 12.2. The molecule has 0 aliphatic carbocycles. The number of hydrogen-bond donors (Lipinski definition) is 2. The third-order valence-corrected chi connectivity index (χ3v) is 3.53. The Labute approximate surface area is 120 Å². The molecular formula is C15H24N2O3. The highest BCUT2D eigenvalue weighted by molar-refractivity contribution is 5.35. The summed E-state index contributed by atoms with van der Waals surface area (Å²) in [6, 6.07) is 6.78. The van der Waals surface area contributed by atoms with E-state index in [1.807, 2.05) is 13.0 Å². The summed E-state index contributed by atoms with van der Waals surface area (Å²) in [6.45, 7) is 5.16. The molecule has 0 spiro atoms. The van der Waals surface area contributed by atoms with E-state index in [4.69, 9.17) is 5.11 Å². The topological polar surface area (TPSA) is 75.4 Å². The molecule has 2 unspecified atom stereocenters. The van der Waals surface area contributed by atoms with Crippen molar-refractivity contribution in [2.75, 3.05) is 13.2 Å². The van der Waals surface area contributed by atoms with Crippen molar-refractivity contribution in [2.24, 2.45) is 5.92 Å². The number of nitro benzene ring substituents is 1. The van der Waals surface area contributed by atoms with Crippen LogP contribution in [0.3, 0.4) is 0 Å². The maximum Gasteiger partial charge on any atom is 0.269 e. The first kappa shape index (κ1) is 16.6. The lowest BCUT2D eigenvalue weighted by molar-refractivity contribution is -0.384. The number of nitrogens with zero attached hydrogens (tertiary/aromatic N) is 1. The minimum absolute atomic E-state index is 0.0629. The van der Waals surface area contributed by atoms with E-state index in [9.17, 15) is 10.1 Å². The van der Waals surface area contributed by atoms with Crippen LogP contribution in [0, 0.1) is 16.0 Å². The molecule has 0 bridgehead atoms. The molecule has 0 saturated carbocycles. The molecule has 20 heavy (non-hydrogen) atoms. The van der Waals surface area contributed by atoms with E-state index in [2.05, 4.69) is 12.2 Å². The number of rotatable bonds is 9. The van der Waals surface area contributed by atoms with Gasteiger partial charge in [0.1, 0.15) is 0 Å². The molecule has 0 saturated heterocycles. The molecule has 0 fully saturated rings. The second kappa shape index (κ2) is 8.66. The normalized spacial score (nSPS) is 13.9. The molecule has 1 aromatic carbocycles. The Bertz CT molecular complexity index is 417. The summed E-state index contributed by atoms with van der Waals surface area (Å²) in [6.07, 6.45) is 2.97. The fraction of sp³-hybridized carbons (Fsp3) is 0.600. The van der Waals surface area contributed by atoms with E-state index in [0.29, 0.717) is 5.92 Å². The number of hydrogen-bond acceptors (Lipinski definition) is 4. The summed E-state index contributed by atoms with van der Waals surface area (Å²) in [5.41, 5.74) is 1.04. The van der Waals surface area contributed by atoms with E-state index in [1.54, 1.807) is 12.1 Å². The molecule has 5 heteroatoms. The lowest BCUT2D eigenvalue weighted by Crippen LogP contribution is -2.26.